The van der Waals surface area contributed by atoms with Gasteiger partial charge in [-0.15, -0.1) is 0 Å². The van der Waals surface area contributed by atoms with E-state index in [0.29, 0.717) is 13.1 Å². The molecule has 1 saturated heterocycles. The molecule has 2 N–H and O–H groups in total. The number of likely N-dealkylation sites (tertiary alicyclic amines) is 1. The van der Waals surface area contributed by atoms with Gasteiger partial charge >= 0.3 is 0 Å². The van der Waals surface area contributed by atoms with Crippen LogP contribution in [-0.2, 0) is 4.79 Å². The van der Waals surface area contributed by atoms with Gasteiger partial charge in [0.2, 0.25) is 5.91 Å². The standard InChI is InChI=1S/C13H25N3O/c1-15(7-3-6-14)13(17)10-16-8-11-4-2-5-12(11)9-16/h11-12H,2-10,14H2,1H3. The van der Waals surface area contributed by atoms with Gasteiger partial charge in [0.1, 0.15) is 0 Å². The van der Waals surface area contributed by atoms with E-state index in [2.05, 4.69) is 4.90 Å². The minimum atomic E-state index is 0.249. The Balaban J connectivity index is 1.72. The van der Waals surface area contributed by atoms with E-state index >= 15 is 0 Å². The Morgan fingerprint density at radius 3 is 2.59 bits per heavy atom. The van der Waals surface area contributed by atoms with Crippen molar-refractivity contribution in [2.45, 2.75) is 25.7 Å². The molecule has 2 atom stereocenters. The van der Waals surface area contributed by atoms with Crippen molar-refractivity contribution < 1.29 is 4.79 Å². The van der Waals surface area contributed by atoms with Gasteiger partial charge in [0.25, 0.3) is 0 Å². The number of nitrogens with two attached hydrogens (primary N) is 1. The summed E-state index contributed by atoms with van der Waals surface area (Å²) in [5.74, 6) is 1.99. The van der Waals surface area contributed by atoms with Gasteiger partial charge in [-0.3, -0.25) is 9.69 Å². The second-order valence-electron chi connectivity index (χ2n) is 5.60. The molecule has 2 unspecified atom stereocenters. The zero-order chi connectivity index (χ0) is 12.3. The zero-order valence-corrected chi connectivity index (χ0v) is 10.9. The third kappa shape index (κ3) is 3.19. The lowest BCUT2D eigenvalue weighted by molar-refractivity contribution is -0.130. The molecule has 1 saturated carbocycles. The van der Waals surface area contributed by atoms with Crippen LogP contribution in [0.2, 0.25) is 0 Å². The summed E-state index contributed by atoms with van der Waals surface area (Å²) >= 11 is 0. The van der Waals surface area contributed by atoms with Gasteiger partial charge in [0.15, 0.2) is 0 Å². The summed E-state index contributed by atoms with van der Waals surface area (Å²) in [4.78, 5) is 16.1. The van der Waals surface area contributed by atoms with Gasteiger partial charge in [-0.1, -0.05) is 6.42 Å². The summed E-state index contributed by atoms with van der Waals surface area (Å²) in [5, 5.41) is 0. The molecule has 2 fully saturated rings. The van der Waals surface area contributed by atoms with Crippen LogP contribution in [0.4, 0.5) is 0 Å². The van der Waals surface area contributed by atoms with E-state index in [0.717, 1.165) is 37.9 Å². The summed E-state index contributed by atoms with van der Waals surface area (Å²) in [6.07, 6.45) is 5.04. The van der Waals surface area contributed by atoms with E-state index in [-0.39, 0.29) is 5.91 Å². The maximum Gasteiger partial charge on any atom is 0.236 e. The zero-order valence-electron chi connectivity index (χ0n) is 10.9. The highest BCUT2D eigenvalue weighted by atomic mass is 16.2. The van der Waals surface area contributed by atoms with Crippen LogP contribution >= 0.6 is 0 Å². The highest BCUT2D eigenvalue weighted by molar-refractivity contribution is 5.78. The predicted molar refractivity (Wildman–Crippen MR) is 68.6 cm³/mol. The molecule has 4 heteroatoms. The Kier molecular flexibility index (Phi) is 4.40. The van der Waals surface area contributed by atoms with Gasteiger partial charge in [-0.25, -0.2) is 0 Å². The second-order valence-corrected chi connectivity index (χ2v) is 5.60. The van der Waals surface area contributed by atoms with Crippen molar-refractivity contribution >= 4 is 5.91 Å². The third-order valence-electron chi connectivity index (χ3n) is 4.28. The van der Waals surface area contributed by atoms with Crippen molar-refractivity contribution in [1.82, 2.24) is 9.80 Å². The van der Waals surface area contributed by atoms with Crippen molar-refractivity contribution in [1.29, 1.82) is 0 Å². The first kappa shape index (κ1) is 12.8. The summed E-state index contributed by atoms with van der Waals surface area (Å²) in [6, 6.07) is 0. The third-order valence-corrected chi connectivity index (χ3v) is 4.28. The number of amides is 1. The molecule has 0 aromatic carbocycles. The van der Waals surface area contributed by atoms with E-state index in [1.165, 1.54) is 19.3 Å². The van der Waals surface area contributed by atoms with Crippen LogP contribution in [0.5, 0.6) is 0 Å². The van der Waals surface area contributed by atoms with Gasteiger partial charge in [0.05, 0.1) is 6.54 Å². The molecule has 4 nitrogen and oxygen atoms in total. The number of rotatable bonds is 5. The predicted octanol–water partition coefficient (Wildman–Crippen LogP) is 0.526. The maximum absolute atomic E-state index is 12.0. The molecule has 0 aromatic rings. The fraction of sp³-hybridized carbons (Fsp3) is 0.923. The van der Waals surface area contributed by atoms with Crippen LogP contribution in [0.15, 0.2) is 0 Å². The van der Waals surface area contributed by atoms with Crippen molar-refractivity contribution in [3.8, 4) is 0 Å². The molecule has 98 valence electrons. The van der Waals surface area contributed by atoms with Gasteiger partial charge in [0, 0.05) is 26.7 Å². The fourth-order valence-electron chi connectivity index (χ4n) is 3.23. The first-order chi connectivity index (χ1) is 8.20. The van der Waals surface area contributed by atoms with E-state index in [9.17, 15) is 4.79 Å². The van der Waals surface area contributed by atoms with Crippen molar-refractivity contribution in [3.05, 3.63) is 0 Å². The molecule has 0 bridgehead atoms. The molecule has 1 amide bonds. The number of carbonyl (C=O) groups excluding carboxylic acids is 1. The second kappa shape index (κ2) is 5.83. The molecule has 2 aliphatic rings. The fourth-order valence-corrected chi connectivity index (χ4v) is 3.23. The lowest BCUT2D eigenvalue weighted by Crippen LogP contribution is -2.38. The number of fused-ring (bicyclic) bond motifs is 1. The quantitative estimate of drug-likeness (QED) is 0.761. The summed E-state index contributed by atoms with van der Waals surface area (Å²) in [7, 11) is 1.88. The van der Waals surface area contributed by atoms with Gasteiger partial charge in [-0.05, 0) is 37.6 Å². The first-order valence-corrected chi connectivity index (χ1v) is 6.87. The van der Waals surface area contributed by atoms with Crippen LogP contribution in [0.1, 0.15) is 25.7 Å². The van der Waals surface area contributed by atoms with Crippen LogP contribution < -0.4 is 5.73 Å². The molecule has 1 heterocycles. The van der Waals surface area contributed by atoms with Crippen LogP contribution in [0, 0.1) is 11.8 Å². The largest absolute Gasteiger partial charge is 0.345 e. The van der Waals surface area contributed by atoms with Crippen molar-refractivity contribution in [2.24, 2.45) is 17.6 Å². The lowest BCUT2D eigenvalue weighted by Gasteiger charge is -2.21. The van der Waals surface area contributed by atoms with Crippen molar-refractivity contribution in [3.63, 3.8) is 0 Å². The normalized spacial score (nSPS) is 28.4. The molecular formula is C13H25N3O. The first-order valence-electron chi connectivity index (χ1n) is 6.87. The highest BCUT2D eigenvalue weighted by Crippen LogP contribution is 2.37. The number of carbonyl (C=O) groups is 1. The summed E-state index contributed by atoms with van der Waals surface area (Å²) in [6.45, 7) is 4.33. The number of nitrogens with zero attached hydrogens (tertiary/aromatic N) is 2. The molecule has 17 heavy (non-hydrogen) atoms. The molecule has 0 spiro atoms. The minimum Gasteiger partial charge on any atom is -0.345 e. The van der Waals surface area contributed by atoms with E-state index in [4.69, 9.17) is 5.73 Å². The average molecular weight is 239 g/mol. The van der Waals surface area contributed by atoms with Crippen LogP contribution in [0.25, 0.3) is 0 Å². The maximum atomic E-state index is 12.0. The van der Waals surface area contributed by atoms with E-state index < -0.39 is 0 Å². The monoisotopic (exact) mass is 239 g/mol. The number of hydrogen-bond donors (Lipinski definition) is 1. The molecular weight excluding hydrogens is 214 g/mol. The minimum absolute atomic E-state index is 0.249. The van der Waals surface area contributed by atoms with Crippen molar-refractivity contribution in [2.75, 3.05) is 39.8 Å². The highest BCUT2D eigenvalue weighted by Gasteiger charge is 2.36. The smallest absolute Gasteiger partial charge is 0.236 e. The Hall–Kier alpha value is -0.610. The Morgan fingerprint density at radius 1 is 1.35 bits per heavy atom. The topological polar surface area (TPSA) is 49.6 Å². The number of likely N-dealkylation sites (N-methyl/N-ethyl adjacent to an activating group) is 1. The summed E-state index contributed by atoms with van der Waals surface area (Å²) in [5.41, 5.74) is 5.45. The lowest BCUT2D eigenvalue weighted by atomic mass is 10.0. The Bertz CT molecular complexity index is 257. The molecule has 1 aliphatic heterocycles. The molecule has 0 aromatic heterocycles. The van der Waals surface area contributed by atoms with E-state index in [1.54, 1.807) is 0 Å². The van der Waals surface area contributed by atoms with Crippen LogP contribution in [-0.4, -0.2) is 55.5 Å². The molecule has 0 radical (unpaired) electrons. The van der Waals surface area contributed by atoms with E-state index in [1.807, 2.05) is 11.9 Å². The summed E-state index contributed by atoms with van der Waals surface area (Å²) < 4.78 is 0. The Labute approximate surface area is 104 Å². The van der Waals surface area contributed by atoms with Gasteiger partial charge in [-0.2, -0.15) is 0 Å². The Morgan fingerprint density at radius 2 is 2.00 bits per heavy atom. The average Bonchev–Trinajstić information content (AvgIpc) is 2.86. The number of hydrogen-bond acceptors (Lipinski definition) is 3. The van der Waals surface area contributed by atoms with Crippen LogP contribution in [0.3, 0.4) is 0 Å². The SMILES string of the molecule is CN(CCCN)C(=O)CN1CC2CCCC2C1. The molecule has 2 rings (SSSR count). The molecule has 1 aliphatic carbocycles. The van der Waals surface area contributed by atoms with Gasteiger partial charge < -0.3 is 10.6 Å².